The third-order valence-electron chi connectivity index (χ3n) is 5.13. The number of nitriles is 1. The second-order valence-corrected chi connectivity index (χ2v) is 6.67. The van der Waals surface area contributed by atoms with Crippen LogP contribution in [0.15, 0.2) is 0 Å². The molecule has 0 aromatic rings. The van der Waals surface area contributed by atoms with Gasteiger partial charge in [0.05, 0.1) is 12.7 Å². The number of hydrogen-bond donors (Lipinski definition) is 1. The minimum atomic E-state index is -0.175. The molecule has 1 saturated heterocycles. The van der Waals surface area contributed by atoms with E-state index >= 15 is 0 Å². The average molecular weight is 307 g/mol. The van der Waals surface area contributed by atoms with Gasteiger partial charge in [0, 0.05) is 31.1 Å². The van der Waals surface area contributed by atoms with Gasteiger partial charge in [-0.2, -0.15) is 5.26 Å². The van der Waals surface area contributed by atoms with Crippen molar-refractivity contribution >= 4 is 6.09 Å². The highest BCUT2D eigenvalue weighted by atomic mass is 16.6. The molecule has 0 bridgehead atoms. The van der Waals surface area contributed by atoms with Gasteiger partial charge in [-0.05, 0) is 51.9 Å². The molecular weight excluding hydrogens is 278 g/mol. The first-order valence-corrected chi connectivity index (χ1v) is 8.71. The third-order valence-corrected chi connectivity index (χ3v) is 5.13. The van der Waals surface area contributed by atoms with Crippen LogP contribution in [0.4, 0.5) is 4.79 Å². The number of ether oxygens (including phenoxy) is 1. The normalized spacial score (nSPS) is 28.0. The Labute approximate surface area is 134 Å². The zero-order chi connectivity index (χ0) is 15.9. The summed E-state index contributed by atoms with van der Waals surface area (Å²) in [6.07, 6.45) is 6.27. The molecule has 2 rings (SSSR count). The summed E-state index contributed by atoms with van der Waals surface area (Å²) in [5.41, 5.74) is 0. The average Bonchev–Trinajstić information content (AvgIpc) is 2.55. The topological polar surface area (TPSA) is 65.4 Å². The van der Waals surface area contributed by atoms with E-state index in [2.05, 4.69) is 18.3 Å². The predicted molar refractivity (Wildman–Crippen MR) is 85.3 cm³/mol. The Hall–Kier alpha value is -1.28. The summed E-state index contributed by atoms with van der Waals surface area (Å²) in [7, 11) is 0. The lowest BCUT2D eigenvalue weighted by Crippen LogP contribution is -2.47. The molecule has 1 heterocycles. The van der Waals surface area contributed by atoms with Gasteiger partial charge in [0.25, 0.3) is 0 Å². The molecule has 0 radical (unpaired) electrons. The van der Waals surface area contributed by atoms with E-state index in [1.54, 1.807) is 0 Å². The van der Waals surface area contributed by atoms with Crippen molar-refractivity contribution in [2.75, 3.05) is 19.7 Å². The molecule has 1 saturated carbocycles. The first-order chi connectivity index (χ1) is 10.6. The van der Waals surface area contributed by atoms with Crippen LogP contribution in [0.2, 0.25) is 0 Å². The van der Waals surface area contributed by atoms with Gasteiger partial charge in [0.15, 0.2) is 0 Å². The standard InChI is InChI=1S/C17H29N3O2/c1-3-22-17(21)20-9-7-15(8-10-20)13(2)19-16-6-4-5-14(11-16)12-18/h13-16,19H,3-11H2,1-2H3/t13-,14-,16+/m0/s1. The Bertz CT molecular complexity index is 399. The maximum absolute atomic E-state index is 11.7. The molecule has 0 unspecified atom stereocenters. The quantitative estimate of drug-likeness (QED) is 0.867. The molecule has 5 heteroatoms. The summed E-state index contributed by atoms with van der Waals surface area (Å²) in [4.78, 5) is 13.5. The van der Waals surface area contributed by atoms with Gasteiger partial charge in [0.2, 0.25) is 0 Å². The van der Waals surface area contributed by atoms with Gasteiger partial charge < -0.3 is 15.0 Å². The van der Waals surface area contributed by atoms with E-state index in [4.69, 9.17) is 10.00 Å². The summed E-state index contributed by atoms with van der Waals surface area (Å²) >= 11 is 0. The van der Waals surface area contributed by atoms with Gasteiger partial charge in [0.1, 0.15) is 0 Å². The molecular formula is C17H29N3O2. The fourth-order valence-corrected chi connectivity index (χ4v) is 3.76. The number of nitrogens with one attached hydrogen (secondary N) is 1. The van der Waals surface area contributed by atoms with Crippen molar-refractivity contribution in [3.8, 4) is 6.07 Å². The Morgan fingerprint density at radius 1 is 1.36 bits per heavy atom. The second kappa shape index (κ2) is 8.38. The van der Waals surface area contributed by atoms with Crippen LogP contribution >= 0.6 is 0 Å². The maximum Gasteiger partial charge on any atom is 0.409 e. The zero-order valence-corrected chi connectivity index (χ0v) is 13.9. The van der Waals surface area contributed by atoms with Gasteiger partial charge in [-0.3, -0.25) is 0 Å². The monoisotopic (exact) mass is 307 g/mol. The number of amides is 1. The molecule has 1 amide bonds. The molecule has 22 heavy (non-hydrogen) atoms. The summed E-state index contributed by atoms with van der Waals surface area (Å²) in [5, 5.41) is 12.8. The Balaban J connectivity index is 1.74. The molecule has 1 aliphatic carbocycles. The predicted octanol–water partition coefficient (Wildman–Crippen LogP) is 2.92. The van der Waals surface area contributed by atoms with Crippen LogP contribution in [0.1, 0.15) is 52.4 Å². The van der Waals surface area contributed by atoms with Crippen LogP contribution in [-0.2, 0) is 4.74 Å². The van der Waals surface area contributed by atoms with Crippen molar-refractivity contribution in [2.45, 2.75) is 64.5 Å². The zero-order valence-electron chi connectivity index (χ0n) is 13.9. The molecule has 0 aromatic carbocycles. The van der Waals surface area contributed by atoms with Gasteiger partial charge in [-0.1, -0.05) is 6.42 Å². The smallest absolute Gasteiger partial charge is 0.409 e. The third kappa shape index (κ3) is 4.61. The molecule has 1 aliphatic heterocycles. The van der Waals surface area contributed by atoms with Crippen molar-refractivity contribution in [1.82, 2.24) is 10.2 Å². The van der Waals surface area contributed by atoms with E-state index in [-0.39, 0.29) is 12.0 Å². The van der Waals surface area contributed by atoms with Crippen LogP contribution in [-0.4, -0.2) is 42.8 Å². The molecule has 0 aromatic heterocycles. The maximum atomic E-state index is 11.7. The molecule has 3 atom stereocenters. The summed E-state index contributed by atoms with van der Waals surface area (Å²) < 4.78 is 5.06. The van der Waals surface area contributed by atoms with Crippen molar-refractivity contribution in [2.24, 2.45) is 11.8 Å². The molecule has 2 fully saturated rings. The summed E-state index contributed by atoms with van der Waals surface area (Å²) in [5.74, 6) is 0.831. The minimum absolute atomic E-state index is 0.175. The van der Waals surface area contributed by atoms with Gasteiger partial charge in [-0.15, -0.1) is 0 Å². The van der Waals surface area contributed by atoms with E-state index in [1.165, 1.54) is 6.42 Å². The van der Waals surface area contributed by atoms with E-state index < -0.39 is 0 Å². The number of nitrogens with zero attached hydrogens (tertiary/aromatic N) is 2. The first-order valence-electron chi connectivity index (χ1n) is 8.71. The first kappa shape index (κ1) is 17.1. The van der Waals surface area contributed by atoms with E-state index in [0.29, 0.717) is 24.6 Å². The number of carbonyl (C=O) groups excluding carboxylic acids is 1. The van der Waals surface area contributed by atoms with E-state index in [9.17, 15) is 4.79 Å². The van der Waals surface area contributed by atoms with Crippen LogP contribution < -0.4 is 5.32 Å². The molecule has 2 aliphatic rings. The van der Waals surface area contributed by atoms with Gasteiger partial charge in [-0.25, -0.2) is 4.79 Å². The summed E-state index contributed by atoms with van der Waals surface area (Å²) in [6, 6.07) is 3.35. The van der Waals surface area contributed by atoms with E-state index in [0.717, 1.165) is 45.2 Å². The number of piperidine rings is 1. The highest BCUT2D eigenvalue weighted by molar-refractivity contribution is 5.67. The van der Waals surface area contributed by atoms with Crippen LogP contribution in [0.5, 0.6) is 0 Å². The van der Waals surface area contributed by atoms with Gasteiger partial charge >= 0.3 is 6.09 Å². The SMILES string of the molecule is CCOC(=O)N1CCC([C@H](C)N[C@@H]2CCC[C@H](C#N)C2)CC1. The van der Waals surface area contributed by atoms with E-state index in [1.807, 2.05) is 11.8 Å². The second-order valence-electron chi connectivity index (χ2n) is 6.67. The number of rotatable bonds is 4. The molecule has 124 valence electrons. The lowest BCUT2D eigenvalue weighted by atomic mass is 9.84. The minimum Gasteiger partial charge on any atom is -0.450 e. The lowest BCUT2D eigenvalue weighted by Gasteiger charge is -2.37. The fraction of sp³-hybridized carbons (Fsp3) is 0.882. The Morgan fingerprint density at radius 2 is 2.09 bits per heavy atom. The van der Waals surface area contributed by atoms with Crippen molar-refractivity contribution in [3.05, 3.63) is 0 Å². The number of carbonyl (C=O) groups is 1. The van der Waals surface area contributed by atoms with Crippen LogP contribution in [0.25, 0.3) is 0 Å². The van der Waals surface area contributed by atoms with Crippen LogP contribution in [0, 0.1) is 23.2 Å². The number of hydrogen-bond acceptors (Lipinski definition) is 4. The number of likely N-dealkylation sites (tertiary alicyclic amines) is 1. The summed E-state index contributed by atoms with van der Waals surface area (Å²) in [6.45, 7) is 6.12. The van der Waals surface area contributed by atoms with Crippen molar-refractivity contribution in [1.29, 1.82) is 5.26 Å². The molecule has 0 spiro atoms. The highest BCUT2D eigenvalue weighted by Gasteiger charge is 2.29. The fourth-order valence-electron chi connectivity index (χ4n) is 3.76. The van der Waals surface area contributed by atoms with Crippen molar-refractivity contribution in [3.63, 3.8) is 0 Å². The van der Waals surface area contributed by atoms with Crippen molar-refractivity contribution < 1.29 is 9.53 Å². The largest absolute Gasteiger partial charge is 0.450 e. The molecule has 5 nitrogen and oxygen atoms in total. The lowest BCUT2D eigenvalue weighted by molar-refractivity contribution is 0.0865. The Morgan fingerprint density at radius 3 is 2.73 bits per heavy atom. The highest BCUT2D eigenvalue weighted by Crippen LogP contribution is 2.26. The Kier molecular flexibility index (Phi) is 6.50. The van der Waals surface area contributed by atoms with Crippen LogP contribution in [0.3, 0.4) is 0 Å². The molecule has 1 N–H and O–H groups in total.